The molecule has 1 aromatic carbocycles. The molecule has 4 rings (SSSR count). The monoisotopic (exact) mass is 339 g/mol. The van der Waals surface area contributed by atoms with E-state index in [1.54, 1.807) is 18.2 Å². The minimum Gasteiger partial charge on any atom is -0.376 e. The number of sulfonamides is 1. The van der Waals surface area contributed by atoms with Crippen LogP contribution in [0.1, 0.15) is 11.4 Å². The van der Waals surface area contributed by atoms with Crippen molar-refractivity contribution in [2.45, 2.75) is 36.4 Å². The van der Waals surface area contributed by atoms with Crippen LogP contribution >= 0.6 is 11.3 Å². The lowest BCUT2D eigenvalue weighted by Crippen LogP contribution is -2.68. The van der Waals surface area contributed by atoms with Crippen molar-refractivity contribution in [3.63, 3.8) is 0 Å². The second-order valence-electron chi connectivity index (χ2n) is 5.87. The summed E-state index contributed by atoms with van der Waals surface area (Å²) in [6.45, 7) is 2.56. The number of hydrogen-bond acceptors (Lipinski definition) is 6. The van der Waals surface area contributed by atoms with Gasteiger partial charge in [-0.15, -0.1) is 11.3 Å². The summed E-state index contributed by atoms with van der Waals surface area (Å²) in [5, 5.41) is 0.917. The zero-order valence-electron chi connectivity index (χ0n) is 12.0. The van der Waals surface area contributed by atoms with Gasteiger partial charge in [0.2, 0.25) is 10.0 Å². The highest BCUT2D eigenvalue weighted by molar-refractivity contribution is 7.89. The number of ether oxygens (including phenoxy) is 1. The highest BCUT2D eigenvalue weighted by Crippen LogP contribution is 2.38. The number of aryl methyl sites for hydroxylation is 1. The summed E-state index contributed by atoms with van der Waals surface area (Å²) in [6, 6.07) is 4.48. The van der Waals surface area contributed by atoms with Gasteiger partial charge in [-0.05, 0) is 31.5 Å². The first-order valence-corrected chi connectivity index (χ1v) is 9.52. The molecule has 22 heavy (non-hydrogen) atoms. The number of nitrogens with two attached hydrogens (primary N) is 1. The van der Waals surface area contributed by atoms with Gasteiger partial charge >= 0.3 is 0 Å². The maximum atomic E-state index is 12.6. The van der Waals surface area contributed by atoms with Crippen LogP contribution in [-0.2, 0) is 14.8 Å². The fraction of sp³-hybridized carbons (Fsp3) is 0.500. The van der Waals surface area contributed by atoms with Crippen molar-refractivity contribution < 1.29 is 13.2 Å². The van der Waals surface area contributed by atoms with Gasteiger partial charge in [-0.3, -0.25) is 0 Å². The van der Waals surface area contributed by atoms with Crippen LogP contribution in [0.3, 0.4) is 0 Å². The Kier molecular flexibility index (Phi) is 3.28. The molecule has 2 heterocycles. The maximum absolute atomic E-state index is 12.6. The van der Waals surface area contributed by atoms with Crippen molar-refractivity contribution in [3.05, 3.63) is 23.2 Å². The van der Waals surface area contributed by atoms with Crippen molar-refractivity contribution >= 4 is 31.6 Å². The first-order chi connectivity index (χ1) is 10.5. The molecule has 0 radical (unpaired) electrons. The van der Waals surface area contributed by atoms with Gasteiger partial charge in [0.1, 0.15) is 0 Å². The molecule has 8 heteroatoms. The predicted molar refractivity (Wildman–Crippen MR) is 84.3 cm³/mol. The predicted octanol–water partition coefficient (Wildman–Crippen LogP) is 0.998. The number of hydrogen-bond donors (Lipinski definition) is 2. The van der Waals surface area contributed by atoms with E-state index in [-0.39, 0.29) is 29.0 Å². The zero-order chi connectivity index (χ0) is 15.5. The maximum Gasteiger partial charge on any atom is 0.241 e. The summed E-state index contributed by atoms with van der Waals surface area (Å²) in [5.41, 5.74) is 6.89. The van der Waals surface area contributed by atoms with Crippen LogP contribution in [-0.4, -0.2) is 38.2 Å². The molecule has 1 aromatic heterocycles. The Bertz CT molecular complexity index is 833. The van der Waals surface area contributed by atoms with Crippen LogP contribution in [0, 0.1) is 12.8 Å². The molecule has 118 valence electrons. The highest BCUT2D eigenvalue weighted by atomic mass is 32.2. The smallest absolute Gasteiger partial charge is 0.241 e. The molecule has 2 fully saturated rings. The van der Waals surface area contributed by atoms with Gasteiger partial charge in [0.05, 0.1) is 32.3 Å². The van der Waals surface area contributed by atoms with E-state index >= 15 is 0 Å². The summed E-state index contributed by atoms with van der Waals surface area (Å²) in [6.07, 6.45) is 0.829. The molecule has 0 unspecified atom stereocenters. The largest absolute Gasteiger partial charge is 0.376 e. The standard InChI is InChI=1S/C14H17N3O3S2/c1-7-16-10-3-2-8(6-11(10)21-7)22(18,19)17-13-12(15)9-4-5-20-14(9)13/h2-3,6,9,12-14,17H,4-5,15H2,1H3/t9-,12+,13-,14-/m1/s1. The number of nitrogens with one attached hydrogen (secondary N) is 1. The molecule has 3 N–H and O–H groups in total. The third-order valence-corrected chi connectivity index (χ3v) is 6.91. The number of fused-ring (bicyclic) bond motifs is 2. The molecule has 2 aromatic rings. The number of aromatic nitrogens is 1. The molecule has 1 aliphatic carbocycles. The van der Waals surface area contributed by atoms with Crippen LogP contribution in [0.25, 0.3) is 10.2 Å². The lowest BCUT2D eigenvalue weighted by molar-refractivity contribution is -0.00923. The van der Waals surface area contributed by atoms with Gasteiger partial charge in [-0.25, -0.2) is 18.1 Å². The Morgan fingerprint density at radius 3 is 3.09 bits per heavy atom. The topological polar surface area (TPSA) is 94.3 Å². The van der Waals surface area contributed by atoms with Gasteiger partial charge in [-0.1, -0.05) is 0 Å². The quantitative estimate of drug-likeness (QED) is 0.870. The van der Waals surface area contributed by atoms with Crippen LogP contribution in [0.4, 0.5) is 0 Å². The van der Waals surface area contributed by atoms with E-state index in [0.29, 0.717) is 6.61 Å². The lowest BCUT2D eigenvalue weighted by atomic mass is 9.73. The van der Waals surface area contributed by atoms with Gasteiger partial charge in [0, 0.05) is 18.6 Å². The third-order valence-electron chi connectivity index (χ3n) is 4.51. The summed E-state index contributed by atoms with van der Waals surface area (Å²) in [7, 11) is -3.61. The molecular formula is C14H17N3O3S2. The van der Waals surface area contributed by atoms with E-state index in [1.807, 2.05) is 6.92 Å². The Hall–Kier alpha value is -1.06. The van der Waals surface area contributed by atoms with Gasteiger partial charge in [0.25, 0.3) is 0 Å². The number of rotatable bonds is 3. The molecule has 0 spiro atoms. The summed E-state index contributed by atoms with van der Waals surface area (Å²) < 4.78 is 34.3. The second kappa shape index (κ2) is 4.97. The van der Waals surface area contributed by atoms with Crippen LogP contribution in [0.2, 0.25) is 0 Å². The summed E-state index contributed by atoms with van der Waals surface area (Å²) in [5.74, 6) is 0.277. The van der Waals surface area contributed by atoms with Crippen molar-refractivity contribution in [1.29, 1.82) is 0 Å². The highest BCUT2D eigenvalue weighted by Gasteiger charge is 2.53. The fourth-order valence-corrected chi connectivity index (χ4v) is 5.58. The molecule has 1 aliphatic heterocycles. The molecule has 0 amide bonds. The Morgan fingerprint density at radius 2 is 2.27 bits per heavy atom. The van der Waals surface area contributed by atoms with Crippen molar-refractivity contribution in [3.8, 4) is 0 Å². The van der Waals surface area contributed by atoms with Crippen LogP contribution in [0.15, 0.2) is 23.1 Å². The van der Waals surface area contributed by atoms with Crippen molar-refractivity contribution in [2.24, 2.45) is 11.7 Å². The SMILES string of the molecule is Cc1nc2ccc(S(=O)(=O)N[C@@H]3[C@@H](N)[C@H]4CCO[C@H]43)cc2s1. The molecule has 6 nitrogen and oxygen atoms in total. The first kappa shape index (κ1) is 14.5. The number of thiazole rings is 1. The van der Waals surface area contributed by atoms with E-state index < -0.39 is 10.0 Å². The normalized spacial score (nSPS) is 31.2. The average molecular weight is 339 g/mol. The van der Waals surface area contributed by atoms with Gasteiger partial charge in [-0.2, -0.15) is 0 Å². The van der Waals surface area contributed by atoms with Crippen LogP contribution in [0.5, 0.6) is 0 Å². The van der Waals surface area contributed by atoms with E-state index in [9.17, 15) is 8.42 Å². The first-order valence-electron chi connectivity index (χ1n) is 7.22. The Morgan fingerprint density at radius 1 is 1.45 bits per heavy atom. The molecular weight excluding hydrogens is 322 g/mol. The zero-order valence-corrected chi connectivity index (χ0v) is 13.7. The number of benzene rings is 1. The van der Waals surface area contributed by atoms with E-state index in [1.165, 1.54) is 11.3 Å². The lowest BCUT2D eigenvalue weighted by Gasteiger charge is -2.45. The molecule has 1 saturated heterocycles. The molecule has 0 bridgehead atoms. The minimum atomic E-state index is -3.61. The number of nitrogens with zero attached hydrogens (tertiary/aromatic N) is 1. The van der Waals surface area contributed by atoms with Crippen LogP contribution < -0.4 is 10.5 Å². The summed E-state index contributed by atoms with van der Waals surface area (Å²) >= 11 is 1.48. The third kappa shape index (κ3) is 2.17. The van der Waals surface area contributed by atoms with E-state index in [4.69, 9.17) is 10.5 Å². The Labute approximate surface area is 132 Å². The molecule has 2 aliphatic rings. The van der Waals surface area contributed by atoms with Gasteiger partial charge in [0.15, 0.2) is 0 Å². The fourth-order valence-electron chi connectivity index (χ4n) is 3.33. The Balaban J connectivity index is 1.61. The minimum absolute atomic E-state index is 0.0841. The van der Waals surface area contributed by atoms with Gasteiger partial charge < -0.3 is 10.5 Å². The second-order valence-corrected chi connectivity index (χ2v) is 8.82. The molecule has 4 atom stereocenters. The average Bonchev–Trinajstić information content (AvgIpc) is 3.06. The van der Waals surface area contributed by atoms with Crippen molar-refractivity contribution in [2.75, 3.05) is 6.61 Å². The van der Waals surface area contributed by atoms with E-state index in [0.717, 1.165) is 21.6 Å². The van der Waals surface area contributed by atoms with E-state index in [2.05, 4.69) is 9.71 Å². The van der Waals surface area contributed by atoms with Crippen molar-refractivity contribution in [1.82, 2.24) is 9.71 Å². The summed E-state index contributed by atoms with van der Waals surface area (Å²) in [4.78, 5) is 4.59. The molecule has 1 saturated carbocycles.